The van der Waals surface area contributed by atoms with E-state index in [2.05, 4.69) is 22.0 Å². The third-order valence-corrected chi connectivity index (χ3v) is 3.28. The Bertz CT molecular complexity index is 864. The first kappa shape index (κ1) is 16.1. The minimum atomic E-state index is -0.645. The van der Waals surface area contributed by atoms with Crippen LogP contribution in [-0.2, 0) is 17.9 Å². The van der Waals surface area contributed by atoms with Crippen molar-refractivity contribution in [3.63, 3.8) is 0 Å². The average Bonchev–Trinajstić information content (AvgIpc) is 3.27. The standard InChI is InChI=1S/C17H17N3O4/c1-12(21)17-18-5-6-20(17)9-14-8-15(24-19-14)4-3-13-7-16(11-22-2)23-10-13/h5-8,10,12,21H,9,11H2,1-2H3/t12-/m0/s1. The first-order chi connectivity index (χ1) is 11.7. The monoisotopic (exact) mass is 327 g/mol. The Balaban J connectivity index is 1.69. The Morgan fingerprint density at radius 2 is 2.25 bits per heavy atom. The predicted molar refractivity (Wildman–Crippen MR) is 83.9 cm³/mol. The summed E-state index contributed by atoms with van der Waals surface area (Å²) in [5.74, 6) is 7.60. The number of aromatic nitrogens is 3. The number of rotatable bonds is 5. The normalized spacial score (nSPS) is 12.0. The van der Waals surface area contributed by atoms with Gasteiger partial charge in [0.25, 0.3) is 0 Å². The minimum Gasteiger partial charge on any atom is -0.466 e. The molecule has 0 radical (unpaired) electrons. The van der Waals surface area contributed by atoms with Gasteiger partial charge in [-0.2, -0.15) is 0 Å². The molecule has 0 aliphatic rings. The van der Waals surface area contributed by atoms with Gasteiger partial charge in [-0.3, -0.25) is 0 Å². The van der Waals surface area contributed by atoms with Gasteiger partial charge >= 0.3 is 0 Å². The van der Waals surface area contributed by atoms with E-state index < -0.39 is 6.10 Å². The van der Waals surface area contributed by atoms with E-state index in [4.69, 9.17) is 13.7 Å². The van der Waals surface area contributed by atoms with E-state index in [-0.39, 0.29) is 0 Å². The van der Waals surface area contributed by atoms with Crippen LogP contribution in [0.4, 0.5) is 0 Å². The van der Waals surface area contributed by atoms with Crippen molar-refractivity contribution in [2.45, 2.75) is 26.2 Å². The quantitative estimate of drug-likeness (QED) is 0.722. The molecule has 1 N–H and O–H groups in total. The lowest BCUT2D eigenvalue weighted by molar-refractivity contribution is 0.164. The zero-order valence-corrected chi connectivity index (χ0v) is 13.4. The zero-order chi connectivity index (χ0) is 16.9. The summed E-state index contributed by atoms with van der Waals surface area (Å²) in [6.45, 7) is 2.53. The molecular formula is C17H17N3O4. The molecule has 124 valence electrons. The van der Waals surface area contributed by atoms with Gasteiger partial charge in [-0.25, -0.2) is 4.98 Å². The van der Waals surface area contributed by atoms with Crippen molar-refractivity contribution in [1.29, 1.82) is 0 Å². The van der Waals surface area contributed by atoms with Gasteiger partial charge in [0.15, 0.2) is 0 Å². The molecule has 0 unspecified atom stereocenters. The molecule has 3 rings (SSSR count). The molecule has 0 amide bonds. The van der Waals surface area contributed by atoms with E-state index >= 15 is 0 Å². The van der Waals surface area contributed by atoms with Crippen molar-refractivity contribution in [2.75, 3.05) is 7.11 Å². The molecule has 0 aliphatic carbocycles. The van der Waals surface area contributed by atoms with Crippen molar-refractivity contribution < 1.29 is 18.8 Å². The second-order valence-electron chi connectivity index (χ2n) is 5.26. The second-order valence-corrected chi connectivity index (χ2v) is 5.26. The van der Waals surface area contributed by atoms with Gasteiger partial charge in [0, 0.05) is 25.6 Å². The Morgan fingerprint density at radius 3 is 3.04 bits per heavy atom. The molecule has 0 fully saturated rings. The molecule has 0 aliphatic heterocycles. The van der Waals surface area contributed by atoms with Crippen LogP contribution in [-0.4, -0.2) is 26.9 Å². The Morgan fingerprint density at radius 1 is 1.38 bits per heavy atom. The van der Waals surface area contributed by atoms with Crippen molar-refractivity contribution in [1.82, 2.24) is 14.7 Å². The molecule has 0 saturated heterocycles. The van der Waals surface area contributed by atoms with Gasteiger partial charge in [-0.15, -0.1) is 0 Å². The summed E-state index contributed by atoms with van der Waals surface area (Å²) in [6.07, 6.45) is 4.34. The summed E-state index contributed by atoms with van der Waals surface area (Å²) in [5.41, 5.74) is 1.44. The maximum absolute atomic E-state index is 9.66. The fourth-order valence-corrected chi connectivity index (χ4v) is 2.24. The average molecular weight is 327 g/mol. The Kier molecular flexibility index (Phi) is 4.79. The van der Waals surface area contributed by atoms with E-state index in [0.29, 0.717) is 36.2 Å². The van der Waals surface area contributed by atoms with E-state index in [1.165, 1.54) is 0 Å². The Hall–Kier alpha value is -2.82. The lowest BCUT2D eigenvalue weighted by Gasteiger charge is -2.07. The number of methoxy groups -OCH3 is 1. The highest BCUT2D eigenvalue weighted by molar-refractivity contribution is 5.38. The van der Waals surface area contributed by atoms with Crippen molar-refractivity contribution >= 4 is 0 Å². The van der Waals surface area contributed by atoms with Crippen LogP contribution in [0, 0.1) is 11.8 Å². The molecule has 1 atom stereocenters. The zero-order valence-electron chi connectivity index (χ0n) is 13.4. The molecule has 0 aromatic carbocycles. The lowest BCUT2D eigenvalue weighted by atomic mass is 10.3. The minimum absolute atomic E-state index is 0.407. The van der Waals surface area contributed by atoms with Gasteiger partial charge in [0.05, 0.1) is 12.1 Å². The fourth-order valence-electron chi connectivity index (χ4n) is 2.24. The highest BCUT2D eigenvalue weighted by atomic mass is 16.5. The highest BCUT2D eigenvalue weighted by Crippen LogP contribution is 2.13. The largest absolute Gasteiger partial charge is 0.466 e. The molecule has 7 heteroatoms. The van der Waals surface area contributed by atoms with E-state index in [0.717, 1.165) is 5.56 Å². The highest BCUT2D eigenvalue weighted by Gasteiger charge is 2.11. The van der Waals surface area contributed by atoms with Crippen molar-refractivity contribution in [2.24, 2.45) is 0 Å². The smallest absolute Gasteiger partial charge is 0.210 e. The van der Waals surface area contributed by atoms with E-state index in [1.807, 2.05) is 10.6 Å². The van der Waals surface area contributed by atoms with Crippen LogP contribution in [0.5, 0.6) is 0 Å². The van der Waals surface area contributed by atoms with Crippen LogP contribution in [0.1, 0.15) is 41.6 Å². The van der Waals surface area contributed by atoms with Crippen LogP contribution >= 0.6 is 0 Å². The molecule has 0 saturated carbocycles. The third-order valence-electron chi connectivity index (χ3n) is 3.28. The van der Waals surface area contributed by atoms with Gasteiger partial charge in [-0.1, -0.05) is 11.1 Å². The number of nitrogens with zero attached hydrogens (tertiary/aromatic N) is 3. The molecule has 0 bridgehead atoms. The first-order valence-electron chi connectivity index (χ1n) is 7.38. The molecule has 3 aromatic heterocycles. The topological polar surface area (TPSA) is 86.5 Å². The van der Waals surface area contributed by atoms with Crippen LogP contribution < -0.4 is 0 Å². The molecule has 3 aromatic rings. The summed E-state index contributed by atoms with van der Waals surface area (Å²) >= 11 is 0. The van der Waals surface area contributed by atoms with Crippen LogP contribution in [0.25, 0.3) is 0 Å². The molecule has 7 nitrogen and oxygen atoms in total. The van der Waals surface area contributed by atoms with Crippen LogP contribution in [0.2, 0.25) is 0 Å². The maximum atomic E-state index is 9.66. The fraction of sp³-hybridized carbons (Fsp3) is 0.294. The summed E-state index contributed by atoms with van der Waals surface area (Å²) in [4.78, 5) is 4.12. The number of furan rings is 1. The summed E-state index contributed by atoms with van der Waals surface area (Å²) in [5, 5.41) is 13.6. The van der Waals surface area contributed by atoms with Crippen LogP contribution in [0.3, 0.4) is 0 Å². The third kappa shape index (κ3) is 3.74. The first-order valence-corrected chi connectivity index (χ1v) is 7.38. The SMILES string of the molecule is COCc1cc(C#Cc2cc(Cn3ccnc3[C@H](C)O)no2)co1. The van der Waals surface area contributed by atoms with Gasteiger partial charge in [0.2, 0.25) is 5.76 Å². The van der Waals surface area contributed by atoms with Gasteiger partial charge in [0.1, 0.15) is 36.3 Å². The molecule has 3 heterocycles. The molecule has 24 heavy (non-hydrogen) atoms. The number of hydrogen-bond acceptors (Lipinski definition) is 6. The number of aliphatic hydroxyl groups excluding tert-OH is 1. The van der Waals surface area contributed by atoms with Crippen LogP contribution in [0.15, 0.2) is 39.7 Å². The molecular weight excluding hydrogens is 310 g/mol. The summed E-state index contributed by atoms with van der Waals surface area (Å²) in [6, 6.07) is 3.57. The van der Waals surface area contributed by atoms with E-state index in [1.54, 1.807) is 38.8 Å². The summed E-state index contributed by atoms with van der Waals surface area (Å²) < 4.78 is 17.3. The predicted octanol–water partition coefficient (Wildman–Crippen LogP) is 2.11. The molecule has 0 spiro atoms. The van der Waals surface area contributed by atoms with Crippen molar-refractivity contribution in [3.8, 4) is 11.8 Å². The van der Waals surface area contributed by atoms with Crippen molar-refractivity contribution in [3.05, 3.63) is 59.4 Å². The summed E-state index contributed by atoms with van der Waals surface area (Å²) in [7, 11) is 1.60. The number of hydrogen-bond donors (Lipinski definition) is 1. The Labute approximate surface area is 138 Å². The van der Waals surface area contributed by atoms with E-state index in [9.17, 15) is 5.11 Å². The van der Waals surface area contributed by atoms with Gasteiger partial charge < -0.3 is 23.4 Å². The maximum Gasteiger partial charge on any atom is 0.210 e. The lowest BCUT2D eigenvalue weighted by Crippen LogP contribution is -2.07. The van der Waals surface area contributed by atoms with Gasteiger partial charge in [-0.05, 0) is 18.9 Å². The number of ether oxygens (including phenoxy) is 1. The second kappa shape index (κ2) is 7.17. The number of aliphatic hydroxyl groups is 1. The number of imidazole rings is 1.